The Balaban J connectivity index is 1.25. The third-order valence-electron chi connectivity index (χ3n) is 17.2. The summed E-state index contributed by atoms with van der Waals surface area (Å²) in [5, 5.41) is 2.63. The van der Waals surface area contributed by atoms with Gasteiger partial charge in [0, 0.05) is 119 Å². The number of aromatic nitrogens is 4. The van der Waals surface area contributed by atoms with Gasteiger partial charge in [0.25, 0.3) is 0 Å². The van der Waals surface area contributed by atoms with Gasteiger partial charge in [-0.05, 0) is 172 Å². The van der Waals surface area contributed by atoms with Crippen molar-refractivity contribution in [3.8, 4) is 0 Å². The number of H-pyrrole nitrogens is 4. The van der Waals surface area contributed by atoms with Crippen LogP contribution in [-0.4, -0.2) is 178 Å². The smallest absolute Gasteiger partial charge is 0.240 e. The van der Waals surface area contributed by atoms with Gasteiger partial charge in [-0.2, -0.15) is 0 Å². The maximum atomic E-state index is 13.8. The lowest BCUT2D eigenvalue weighted by Crippen LogP contribution is -2.34. The van der Waals surface area contributed by atoms with E-state index in [1.54, 1.807) is 97.1 Å². The van der Waals surface area contributed by atoms with E-state index in [4.69, 9.17) is 0 Å². The number of nitrogens with zero attached hydrogens (tertiary/aromatic N) is 4. The van der Waals surface area contributed by atoms with E-state index in [1.807, 2.05) is 104 Å². The Labute approximate surface area is 542 Å². The van der Waals surface area contributed by atoms with Gasteiger partial charge in [0.05, 0.1) is 19.6 Å². The summed E-state index contributed by atoms with van der Waals surface area (Å²) in [4.78, 5) is 23.9. The van der Waals surface area contributed by atoms with E-state index in [9.17, 15) is 33.7 Å². The van der Waals surface area contributed by atoms with Crippen molar-refractivity contribution in [2.45, 2.75) is 75.0 Å². The Bertz CT molecular complexity index is 3960. The average Bonchev–Trinajstić information content (AvgIpc) is 1.60. The molecule has 1 aliphatic heterocycles. The van der Waals surface area contributed by atoms with Crippen LogP contribution in [0.25, 0.3) is 22.3 Å². The Hall–Kier alpha value is -7.04. The number of benzene rings is 4. The van der Waals surface area contributed by atoms with E-state index < -0.39 is 40.1 Å². The van der Waals surface area contributed by atoms with Gasteiger partial charge >= 0.3 is 0 Å². The van der Waals surface area contributed by atoms with Gasteiger partial charge in [0.15, 0.2) is 0 Å². The van der Waals surface area contributed by atoms with Crippen molar-refractivity contribution in [1.82, 2.24) is 58.4 Å². The number of hydrogen-bond donors (Lipinski definition) is 8. The van der Waals surface area contributed by atoms with Gasteiger partial charge < -0.3 is 39.5 Å². The van der Waals surface area contributed by atoms with E-state index in [0.717, 1.165) is 52.4 Å². The monoisotopic (exact) mass is 1330 g/mol. The van der Waals surface area contributed by atoms with Gasteiger partial charge in [-0.15, -0.1) is 0 Å². The molecule has 0 fully saturated rings. The first kappa shape index (κ1) is 69.3. The number of hydrogen-bond acceptors (Lipinski definition) is 12. The van der Waals surface area contributed by atoms with Crippen molar-refractivity contribution < 1.29 is 33.7 Å². The van der Waals surface area contributed by atoms with Gasteiger partial charge in [0.2, 0.25) is 40.1 Å². The summed E-state index contributed by atoms with van der Waals surface area (Å²) in [6.07, 6.45) is 0. The molecule has 0 saturated carbocycles. The zero-order valence-corrected chi connectivity index (χ0v) is 57.1. The lowest BCUT2D eigenvalue weighted by atomic mass is 10.0. The van der Waals surface area contributed by atoms with Crippen LogP contribution in [0.5, 0.6) is 0 Å². The Morgan fingerprint density at radius 3 is 0.620 bits per heavy atom. The number of rotatable bonds is 32. The first-order valence-corrected chi connectivity index (χ1v) is 37.7. The molecular formula is C68H88N12O8S4. The predicted octanol–water partition coefficient (Wildman–Crippen LogP) is 4.78. The van der Waals surface area contributed by atoms with Crippen LogP contribution >= 0.6 is 0 Å². The molecule has 8 N–H and O–H groups in total. The third-order valence-corrected chi connectivity index (χ3v) is 23.1. The van der Waals surface area contributed by atoms with Crippen LogP contribution in [0.2, 0.25) is 0 Å². The van der Waals surface area contributed by atoms with Gasteiger partial charge in [0.1, 0.15) is 0 Å². The highest BCUT2D eigenvalue weighted by atomic mass is 32.2. The van der Waals surface area contributed by atoms with Crippen LogP contribution in [0, 0.1) is 0 Å². The van der Waals surface area contributed by atoms with Crippen LogP contribution in [0.3, 0.4) is 0 Å². The second kappa shape index (κ2) is 30.8. The molecule has 0 amide bonds. The maximum Gasteiger partial charge on any atom is 0.240 e. The summed E-state index contributed by atoms with van der Waals surface area (Å²) < 4.78 is 121. The summed E-state index contributed by atoms with van der Waals surface area (Å²) in [5.41, 5.74) is 8.14. The molecule has 8 aromatic rings. The van der Waals surface area contributed by atoms with Gasteiger partial charge in [-0.1, -0.05) is 104 Å². The van der Waals surface area contributed by atoms with E-state index in [0.29, 0.717) is 115 Å². The second-order valence-electron chi connectivity index (χ2n) is 22.4. The molecule has 20 nitrogen and oxygen atoms in total. The largest absolute Gasteiger partial charge is 0.354 e. The molecule has 24 heteroatoms. The number of nitrogens with one attached hydrogen (secondary N) is 8. The minimum absolute atomic E-state index is 0.106. The lowest BCUT2D eigenvalue weighted by molar-refractivity contribution is 0.309. The molecule has 0 radical (unpaired) electrons. The normalized spacial score (nSPS) is 13.4. The van der Waals surface area contributed by atoms with Gasteiger partial charge in [-0.25, -0.2) is 52.6 Å². The van der Waals surface area contributed by atoms with Crippen molar-refractivity contribution in [2.24, 2.45) is 0 Å². The highest BCUT2D eigenvalue weighted by Crippen LogP contribution is 2.30. The van der Waals surface area contributed by atoms with Crippen molar-refractivity contribution >= 4 is 62.4 Å². The number of aromatic amines is 4. The Morgan fingerprint density at radius 2 is 0.446 bits per heavy atom. The fraction of sp³-hybridized carbons (Fsp3) is 0.353. The third kappa shape index (κ3) is 16.3. The summed E-state index contributed by atoms with van der Waals surface area (Å²) >= 11 is 0. The van der Waals surface area contributed by atoms with E-state index in [1.165, 1.54) is 0 Å². The first-order chi connectivity index (χ1) is 44.2. The van der Waals surface area contributed by atoms with E-state index in [-0.39, 0.29) is 45.8 Å². The molecule has 4 aromatic carbocycles. The topological polar surface area (TPSA) is 261 Å². The molecular weight excluding hydrogens is 1240 g/mol. The summed E-state index contributed by atoms with van der Waals surface area (Å²) in [5.74, 6) is 0. The highest BCUT2D eigenvalue weighted by Gasteiger charge is 2.24. The molecule has 92 heavy (non-hydrogen) atoms. The molecule has 9 rings (SSSR count). The Kier molecular flexibility index (Phi) is 23.2. The van der Waals surface area contributed by atoms with Crippen LogP contribution in [0.4, 0.5) is 0 Å². The maximum absolute atomic E-state index is 13.8. The van der Waals surface area contributed by atoms with E-state index >= 15 is 0 Å². The van der Waals surface area contributed by atoms with Crippen molar-refractivity contribution in [2.75, 3.05) is 105 Å². The van der Waals surface area contributed by atoms with Crippen molar-refractivity contribution in [3.63, 3.8) is 0 Å². The fourth-order valence-electron chi connectivity index (χ4n) is 11.6. The van der Waals surface area contributed by atoms with Crippen molar-refractivity contribution in [3.05, 3.63) is 212 Å². The Morgan fingerprint density at radius 1 is 0.261 bits per heavy atom. The molecule has 5 heterocycles. The molecule has 0 aliphatic carbocycles. The summed E-state index contributed by atoms with van der Waals surface area (Å²) in [7, 11) is -15.5. The summed E-state index contributed by atoms with van der Waals surface area (Å²) in [6, 6.07) is 42.6. The minimum atomic E-state index is -3.88. The molecule has 0 saturated heterocycles. The quantitative estimate of drug-likeness (QED) is 0.0284. The molecule has 0 unspecified atom stereocenters. The molecule has 492 valence electrons. The number of fused-ring (bicyclic) bond motifs is 8. The number of likely N-dealkylation sites (N-methyl/N-ethyl adjacent to an activating group) is 4. The standard InChI is InChI=1S/C68H88N12O8S4/c1-9-77(10-2)45-41-69-89(81,82)53-25-17-49(18-26-53)65-57-33-35-59(73-57)66(50-19-27-54(28-20-50)90(83,84)70-42-46-78(11-3)12-4)61-37-39-63(75-61)68(52-23-31-56(32-24-52)92(87,88)72-44-48-80(15-7)16-8)64-40-38-62(76-64)67(60-36-34-58(65)74-60)51-21-29-55(30-22-51)91(85,86)71-43-47-79(13-5)14-6/h17-40,69-76H,9-16,41-48H2,1-8H3. The van der Waals surface area contributed by atoms with Crippen LogP contribution in [-0.2, 0) is 40.1 Å². The van der Waals surface area contributed by atoms with Crippen LogP contribution in [0.15, 0.2) is 165 Å². The minimum Gasteiger partial charge on any atom is -0.354 e. The predicted molar refractivity (Wildman–Crippen MR) is 366 cm³/mol. The van der Waals surface area contributed by atoms with Crippen molar-refractivity contribution in [1.29, 1.82) is 0 Å². The summed E-state index contributed by atoms with van der Waals surface area (Å²) in [6.45, 7) is 25.9. The molecule has 0 spiro atoms. The number of sulfonamides is 4. The highest BCUT2D eigenvalue weighted by molar-refractivity contribution is 7.90. The van der Waals surface area contributed by atoms with E-state index in [2.05, 4.69) is 58.4 Å². The molecule has 1 aliphatic rings. The second-order valence-corrected chi connectivity index (χ2v) is 29.5. The zero-order chi connectivity index (χ0) is 65.8. The molecule has 8 bridgehead atoms. The van der Waals surface area contributed by atoms with Gasteiger partial charge in [-0.3, -0.25) is 0 Å². The van der Waals surface area contributed by atoms with Crippen LogP contribution in [0.1, 0.15) is 100 Å². The molecule has 4 aromatic heterocycles. The zero-order valence-electron chi connectivity index (χ0n) is 53.9. The lowest BCUT2D eigenvalue weighted by Gasteiger charge is -2.18. The van der Waals surface area contributed by atoms with Crippen LogP contribution < -0.4 is 40.3 Å². The average molecular weight is 1330 g/mol. The SMILES string of the molecule is CCN(CC)CCNS(=O)(=O)c1ccc(C2=c3ccc([nH]3)=C(c3ccc(S(=O)(=O)NCCN(CC)CC)cc3)c3ccc([nH]3)C(c3ccc(S(=O)(=O)NCCN(CC)CC)cc3)=c3ccc([nH]3)=C(c3ccc(S(=O)(=O)NCCN(CC)CC)cc3)c3ccc2[nH]3)cc1. The fourth-order valence-corrected chi connectivity index (χ4v) is 15.7. The molecule has 0 atom stereocenters. The first-order valence-electron chi connectivity index (χ1n) is 31.8.